The van der Waals surface area contributed by atoms with E-state index in [1.165, 1.54) is 105 Å². The van der Waals surface area contributed by atoms with E-state index in [2.05, 4.69) is 254 Å². The highest BCUT2D eigenvalue weighted by Gasteiger charge is 2.53. The van der Waals surface area contributed by atoms with Crippen LogP contribution in [0.15, 0.2) is 231 Å². The maximum Gasteiger partial charge on any atom is 0.0746 e. The van der Waals surface area contributed by atoms with Gasteiger partial charge in [0.2, 0.25) is 0 Å². The van der Waals surface area contributed by atoms with Gasteiger partial charge in [0.1, 0.15) is 0 Å². The summed E-state index contributed by atoms with van der Waals surface area (Å²) in [6.07, 6.45) is 0. The average molecular weight is 841 g/mol. The molecule has 66 heavy (non-hydrogen) atoms. The van der Waals surface area contributed by atoms with Crippen molar-refractivity contribution in [3.05, 3.63) is 264 Å². The Hall–Kier alpha value is -8.20. The van der Waals surface area contributed by atoms with Crippen molar-refractivity contribution in [1.29, 1.82) is 0 Å². The number of aromatic nitrogens is 1. The molecule has 1 aromatic heterocycles. The zero-order valence-corrected chi connectivity index (χ0v) is 36.8. The Morgan fingerprint density at radius 3 is 1.38 bits per heavy atom. The molecule has 1 heterocycles. The van der Waals surface area contributed by atoms with E-state index in [4.69, 9.17) is 0 Å². The van der Waals surface area contributed by atoms with Crippen LogP contribution >= 0.6 is 0 Å². The lowest BCUT2D eigenvalue weighted by atomic mass is 9.70. The van der Waals surface area contributed by atoms with Crippen molar-refractivity contribution in [2.24, 2.45) is 0 Å². The lowest BCUT2D eigenvalue weighted by Crippen LogP contribution is -2.28. The first-order valence-corrected chi connectivity index (χ1v) is 23.2. The fourth-order valence-corrected chi connectivity index (χ4v) is 12.4. The van der Waals surface area contributed by atoms with E-state index < -0.39 is 5.41 Å². The van der Waals surface area contributed by atoms with E-state index in [-0.39, 0.29) is 5.41 Å². The first-order chi connectivity index (χ1) is 32.5. The molecular formula is C64H44N2. The fraction of sp³-hybridized carbons (Fsp3) is 0.0625. The van der Waals surface area contributed by atoms with E-state index in [0.29, 0.717) is 0 Å². The molecule has 0 aliphatic heterocycles. The van der Waals surface area contributed by atoms with Gasteiger partial charge in [-0.25, -0.2) is 0 Å². The number of hydrogen-bond acceptors (Lipinski definition) is 1. The van der Waals surface area contributed by atoms with Crippen LogP contribution in [0.5, 0.6) is 0 Å². The Morgan fingerprint density at radius 2 is 0.788 bits per heavy atom. The minimum Gasteiger partial charge on any atom is -0.310 e. The molecule has 1 spiro atoms. The van der Waals surface area contributed by atoms with Gasteiger partial charge in [0.25, 0.3) is 0 Å². The minimum atomic E-state index is -0.502. The molecule has 0 amide bonds. The van der Waals surface area contributed by atoms with Gasteiger partial charge < -0.3 is 9.47 Å². The molecule has 0 radical (unpaired) electrons. The number of nitrogens with zero attached hydrogens (tertiary/aromatic N) is 2. The second-order valence-corrected chi connectivity index (χ2v) is 18.8. The van der Waals surface area contributed by atoms with Crippen molar-refractivity contribution < 1.29 is 0 Å². The summed E-state index contributed by atoms with van der Waals surface area (Å²) < 4.78 is 2.39. The Bertz CT molecular complexity index is 3670. The third-order valence-corrected chi connectivity index (χ3v) is 15.2. The highest BCUT2D eigenvalue weighted by Crippen LogP contribution is 2.65. The second kappa shape index (κ2) is 13.7. The van der Waals surface area contributed by atoms with Gasteiger partial charge in [-0.1, -0.05) is 190 Å². The SMILES string of the molecule is CC1(C)c2ccccc2-c2ccc(N(c3ccc(-c4ccc(-n5c6ccccc6c6ccccc65)cc4)cc3)c3cccc4c3C3(c5ccccc5-c5ccccc53)c3ccccc3-4)cc21. The molecule has 0 bridgehead atoms. The molecule has 2 heteroatoms. The third-order valence-electron chi connectivity index (χ3n) is 15.2. The van der Waals surface area contributed by atoms with Gasteiger partial charge in [-0.15, -0.1) is 0 Å². The van der Waals surface area contributed by atoms with Gasteiger partial charge >= 0.3 is 0 Å². The molecule has 0 saturated heterocycles. The summed E-state index contributed by atoms with van der Waals surface area (Å²) in [7, 11) is 0. The van der Waals surface area contributed by atoms with E-state index in [1.54, 1.807) is 0 Å². The van der Waals surface area contributed by atoms with Gasteiger partial charge in [-0.05, 0) is 127 Å². The van der Waals surface area contributed by atoms with Crippen LogP contribution in [0.25, 0.3) is 72.0 Å². The predicted octanol–water partition coefficient (Wildman–Crippen LogP) is 16.6. The smallest absolute Gasteiger partial charge is 0.0746 e. The van der Waals surface area contributed by atoms with Crippen LogP contribution in [-0.2, 0) is 10.8 Å². The summed E-state index contributed by atoms with van der Waals surface area (Å²) in [5.41, 5.74) is 24.7. The largest absolute Gasteiger partial charge is 0.310 e. The lowest BCUT2D eigenvalue weighted by Gasteiger charge is -2.36. The van der Waals surface area contributed by atoms with Crippen molar-refractivity contribution in [2.45, 2.75) is 24.7 Å². The van der Waals surface area contributed by atoms with Crippen molar-refractivity contribution in [3.63, 3.8) is 0 Å². The molecule has 10 aromatic carbocycles. The fourth-order valence-electron chi connectivity index (χ4n) is 12.4. The van der Waals surface area contributed by atoms with Crippen LogP contribution in [0, 0.1) is 0 Å². The monoisotopic (exact) mass is 840 g/mol. The molecule has 11 aromatic rings. The van der Waals surface area contributed by atoms with Gasteiger partial charge in [-0.3, -0.25) is 0 Å². The minimum absolute atomic E-state index is 0.151. The van der Waals surface area contributed by atoms with Gasteiger partial charge in [0.15, 0.2) is 0 Å². The number of hydrogen-bond donors (Lipinski definition) is 0. The van der Waals surface area contributed by atoms with Crippen LogP contribution in [0.2, 0.25) is 0 Å². The number of rotatable bonds is 5. The molecule has 3 aliphatic carbocycles. The Balaban J connectivity index is 0.957. The van der Waals surface area contributed by atoms with Crippen molar-refractivity contribution in [3.8, 4) is 50.2 Å². The highest BCUT2D eigenvalue weighted by atomic mass is 15.1. The number of benzene rings is 10. The summed E-state index contributed by atoms with van der Waals surface area (Å²) in [5, 5.41) is 2.54. The molecule has 14 rings (SSSR count). The van der Waals surface area contributed by atoms with Crippen LogP contribution in [0.4, 0.5) is 17.1 Å². The molecule has 3 aliphatic rings. The molecule has 0 fully saturated rings. The quantitative estimate of drug-likeness (QED) is 0.168. The molecule has 0 unspecified atom stereocenters. The first-order valence-electron chi connectivity index (χ1n) is 23.2. The zero-order valence-electron chi connectivity index (χ0n) is 36.8. The number of fused-ring (bicyclic) bond motifs is 16. The first kappa shape index (κ1) is 37.2. The van der Waals surface area contributed by atoms with Crippen molar-refractivity contribution in [2.75, 3.05) is 4.90 Å². The van der Waals surface area contributed by atoms with Crippen LogP contribution in [0.1, 0.15) is 47.2 Å². The van der Waals surface area contributed by atoms with Gasteiger partial charge in [-0.2, -0.15) is 0 Å². The normalized spacial score (nSPS) is 14.2. The van der Waals surface area contributed by atoms with Crippen LogP contribution in [-0.4, -0.2) is 4.57 Å². The summed E-state index contributed by atoms with van der Waals surface area (Å²) in [4.78, 5) is 2.55. The number of para-hydroxylation sites is 2. The maximum atomic E-state index is 2.55. The summed E-state index contributed by atoms with van der Waals surface area (Å²) in [6, 6.07) is 86.2. The summed E-state index contributed by atoms with van der Waals surface area (Å²) >= 11 is 0. The van der Waals surface area contributed by atoms with Gasteiger partial charge in [0, 0.05) is 38.8 Å². The third kappa shape index (κ3) is 4.91. The van der Waals surface area contributed by atoms with Crippen molar-refractivity contribution in [1.82, 2.24) is 4.57 Å². The number of anilines is 3. The highest BCUT2D eigenvalue weighted by molar-refractivity contribution is 6.09. The second-order valence-electron chi connectivity index (χ2n) is 18.8. The molecule has 2 nitrogen and oxygen atoms in total. The van der Waals surface area contributed by atoms with Crippen LogP contribution in [0.3, 0.4) is 0 Å². The standard InChI is InChI=1S/C64H44N2/c1-63(2)54-23-9-3-16-46(54)50-39-38-45(40-58(50)63)65(43-34-30-41(31-35-43)42-32-36-44(37-33-42)66-59-27-13-7-20-51(59)52-21-8-14-28-60(52)66)61-29-15-22-53-49-19-6-12-26-57(49)64(62(53)61)55-24-10-4-17-47(55)48-18-5-11-25-56(48)64/h3-40H,1-2H3. The van der Waals surface area contributed by atoms with Crippen molar-refractivity contribution >= 4 is 38.9 Å². The molecule has 0 saturated carbocycles. The van der Waals surface area contributed by atoms with Crippen LogP contribution < -0.4 is 4.90 Å². The Kier molecular flexibility index (Phi) is 7.70. The van der Waals surface area contributed by atoms with E-state index in [1.807, 2.05) is 0 Å². The average Bonchev–Trinajstić information content (AvgIpc) is 4.05. The lowest BCUT2D eigenvalue weighted by molar-refractivity contribution is 0.660. The molecular weight excluding hydrogens is 797 g/mol. The summed E-state index contributed by atoms with van der Waals surface area (Å²) in [6.45, 7) is 4.76. The molecule has 0 N–H and O–H groups in total. The van der Waals surface area contributed by atoms with E-state index in [0.717, 1.165) is 17.1 Å². The van der Waals surface area contributed by atoms with E-state index >= 15 is 0 Å². The maximum absolute atomic E-state index is 2.55. The Morgan fingerprint density at radius 1 is 0.348 bits per heavy atom. The zero-order chi connectivity index (χ0) is 43.7. The molecule has 0 atom stereocenters. The predicted molar refractivity (Wildman–Crippen MR) is 275 cm³/mol. The summed E-state index contributed by atoms with van der Waals surface area (Å²) in [5.74, 6) is 0. The van der Waals surface area contributed by atoms with Gasteiger partial charge in [0.05, 0.1) is 22.1 Å². The Labute approximate surface area is 385 Å². The molecule has 310 valence electrons. The van der Waals surface area contributed by atoms with E-state index in [9.17, 15) is 0 Å². The topological polar surface area (TPSA) is 8.17 Å².